The summed E-state index contributed by atoms with van der Waals surface area (Å²) in [6, 6.07) is 11.6. The molecule has 0 bridgehead atoms. The van der Waals surface area contributed by atoms with E-state index in [1.165, 1.54) is 19.4 Å². The molecule has 3 N–H and O–H groups in total. The summed E-state index contributed by atoms with van der Waals surface area (Å²) in [6.45, 7) is 4.25. The standard InChI is InChI=1S/C19H23N3O4/c1-4-26-16-7-5-15(6-8-16)21-13(2)19(24)22-20-12-14-11-17(25-3)9-10-18(14)23/h5-13,21,23H,4H2,1-3H3,(H,22,24). The fourth-order valence-electron chi connectivity index (χ4n) is 2.15. The highest BCUT2D eigenvalue weighted by atomic mass is 16.5. The first-order chi connectivity index (χ1) is 12.5. The second kappa shape index (κ2) is 9.31. The Labute approximate surface area is 152 Å². The highest BCUT2D eigenvalue weighted by Gasteiger charge is 2.11. The van der Waals surface area contributed by atoms with Gasteiger partial charge in [-0.2, -0.15) is 5.10 Å². The molecule has 1 amide bonds. The number of amides is 1. The average molecular weight is 357 g/mol. The Hall–Kier alpha value is -3.22. The van der Waals surface area contributed by atoms with Crippen LogP contribution in [0.25, 0.3) is 0 Å². The van der Waals surface area contributed by atoms with Gasteiger partial charge in [-0.1, -0.05) is 0 Å². The smallest absolute Gasteiger partial charge is 0.262 e. The summed E-state index contributed by atoms with van der Waals surface area (Å²) < 4.78 is 10.5. The van der Waals surface area contributed by atoms with Crippen molar-refractivity contribution >= 4 is 17.8 Å². The van der Waals surface area contributed by atoms with Crippen LogP contribution in [0.4, 0.5) is 5.69 Å². The number of anilines is 1. The molecule has 0 aliphatic carbocycles. The number of nitrogens with zero attached hydrogens (tertiary/aromatic N) is 1. The largest absolute Gasteiger partial charge is 0.507 e. The van der Waals surface area contributed by atoms with E-state index < -0.39 is 6.04 Å². The van der Waals surface area contributed by atoms with E-state index in [0.29, 0.717) is 17.9 Å². The Morgan fingerprint density at radius 2 is 1.92 bits per heavy atom. The van der Waals surface area contributed by atoms with Crippen LogP contribution in [0.15, 0.2) is 47.6 Å². The van der Waals surface area contributed by atoms with Crippen molar-refractivity contribution in [3.63, 3.8) is 0 Å². The molecule has 7 nitrogen and oxygen atoms in total. The second-order valence-electron chi connectivity index (χ2n) is 5.48. The van der Waals surface area contributed by atoms with Crippen LogP contribution < -0.4 is 20.2 Å². The van der Waals surface area contributed by atoms with Gasteiger partial charge in [-0.3, -0.25) is 4.79 Å². The van der Waals surface area contributed by atoms with Crippen LogP contribution in [0.1, 0.15) is 19.4 Å². The maximum absolute atomic E-state index is 12.1. The number of aromatic hydroxyl groups is 1. The van der Waals surface area contributed by atoms with Gasteiger partial charge in [0.05, 0.1) is 19.9 Å². The highest BCUT2D eigenvalue weighted by Crippen LogP contribution is 2.21. The normalized spacial score (nSPS) is 11.8. The Bertz CT molecular complexity index is 760. The van der Waals surface area contributed by atoms with Crippen molar-refractivity contribution in [2.24, 2.45) is 5.10 Å². The van der Waals surface area contributed by atoms with E-state index in [0.717, 1.165) is 11.4 Å². The maximum Gasteiger partial charge on any atom is 0.262 e. The third-order valence-corrected chi connectivity index (χ3v) is 3.55. The minimum absolute atomic E-state index is 0.0457. The van der Waals surface area contributed by atoms with Crippen molar-refractivity contribution in [2.75, 3.05) is 19.0 Å². The highest BCUT2D eigenvalue weighted by molar-refractivity contribution is 5.88. The van der Waals surface area contributed by atoms with Crippen LogP contribution in [0, 0.1) is 0 Å². The lowest BCUT2D eigenvalue weighted by molar-refractivity contribution is -0.121. The molecule has 0 saturated heterocycles. The molecule has 2 rings (SSSR count). The summed E-state index contributed by atoms with van der Waals surface area (Å²) in [7, 11) is 1.53. The number of carbonyl (C=O) groups excluding carboxylic acids is 1. The maximum atomic E-state index is 12.1. The molecule has 1 atom stereocenters. The van der Waals surface area contributed by atoms with E-state index in [1.807, 2.05) is 31.2 Å². The molecule has 0 aliphatic heterocycles. The van der Waals surface area contributed by atoms with Crippen LogP contribution in [-0.4, -0.2) is 37.0 Å². The van der Waals surface area contributed by atoms with Crippen LogP contribution in [0.5, 0.6) is 17.2 Å². The molecule has 138 valence electrons. The Morgan fingerprint density at radius 1 is 1.23 bits per heavy atom. The minimum Gasteiger partial charge on any atom is -0.507 e. The zero-order valence-electron chi connectivity index (χ0n) is 15.0. The quantitative estimate of drug-likeness (QED) is 0.499. The molecule has 0 heterocycles. The molecule has 7 heteroatoms. The van der Waals surface area contributed by atoms with E-state index in [1.54, 1.807) is 19.1 Å². The van der Waals surface area contributed by atoms with Gasteiger partial charge in [0, 0.05) is 11.3 Å². The summed E-state index contributed by atoms with van der Waals surface area (Å²) in [5.41, 5.74) is 3.68. The van der Waals surface area contributed by atoms with Crippen LogP contribution >= 0.6 is 0 Å². The molecule has 1 unspecified atom stereocenters. The third kappa shape index (κ3) is 5.41. The van der Waals surface area contributed by atoms with Gasteiger partial charge in [0.1, 0.15) is 23.3 Å². The Kier molecular flexibility index (Phi) is 6.84. The lowest BCUT2D eigenvalue weighted by atomic mass is 10.2. The van der Waals surface area contributed by atoms with E-state index >= 15 is 0 Å². The number of hydrogen-bond acceptors (Lipinski definition) is 6. The zero-order valence-corrected chi connectivity index (χ0v) is 15.0. The van der Waals surface area contributed by atoms with Gasteiger partial charge >= 0.3 is 0 Å². The summed E-state index contributed by atoms with van der Waals surface area (Å²) in [4.78, 5) is 12.1. The molecule has 2 aromatic carbocycles. The Morgan fingerprint density at radius 3 is 2.58 bits per heavy atom. The first-order valence-electron chi connectivity index (χ1n) is 8.22. The third-order valence-electron chi connectivity index (χ3n) is 3.55. The summed E-state index contributed by atoms with van der Waals surface area (Å²) >= 11 is 0. The van der Waals surface area contributed by atoms with Crippen LogP contribution in [0.2, 0.25) is 0 Å². The lowest BCUT2D eigenvalue weighted by Crippen LogP contribution is -2.34. The number of ether oxygens (including phenoxy) is 2. The first-order valence-corrected chi connectivity index (χ1v) is 8.22. The van der Waals surface area contributed by atoms with Gasteiger partial charge in [0.15, 0.2) is 0 Å². The SMILES string of the molecule is CCOc1ccc(NC(C)C(=O)NN=Cc2cc(OC)ccc2O)cc1. The van der Waals surface area contributed by atoms with Gasteiger partial charge in [-0.05, 0) is 56.3 Å². The zero-order chi connectivity index (χ0) is 18.9. The Balaban J connectivity index is 1.90. The fraction of sp³-hybridized carbons (Fsp3) is 0.263. The minimum atomic E-state index is -0.496. The molecule has 0 radical (unpaired) electrons. The summed E-state index contributed by atoms with van der Waals surface area (Å²) in [6.07, 6.45) is 1.36. The molecular weight excluding hydrogens is 334 g/mol. The number of phenolic OH excluding ortho intramolecular Hbond substituents is 1. The van der Waals surface area contributed by atoms with Crippen LogP contribution in [0.3, 0.4) is 0 Å². The molecule has 0 aliphatic rings. The number of benzene rings is 2. The van der Waals surface area contributed by atoms with E-state index in [-0.39, 0.29) is 11.7 Å². The van der Waals surface area contributed by atoms with Crippen molar-refractivity contribution in [1.82, 2.24) is 5.43 Å². The van der Waals surface area contributed by atoms with Crippen molar-refractivity contribution in [3.8, 4) is 17.2 Å². The van der Waals surface area contributed by atoms with Gasteiger partial charge in [0.25, 0.3) is 5.91 Å². The topological polar surface area (TPSA) is 92.2 Å². The van der Waals surface area contributed by atoms with Gasteiger partial charge < -0.3 is 19.9 Å². The van der Waals surface area contributed by atoms with Crippen molar-refractivity contribution in [3.05, 3.63) is 48.0 Å². The number of nitrogens with one attached hydrogen (secondary N) is 2. The van der Waals surface area contributed by atoms with Crippen molar-refractivity contribution < 1.29 is 19.4 Å². The number of methoxy groups -OCH3 is 1. The molecule has 0 aromatic heterocycles. The second-order valence-corrected chi connectivity index (χ2v) is 5.48. The van der Waals surface area contributed by atoms with Gasteiger partial charge in [-0.25, -0.2) is 5.43 Å². The number of carbonyl (C=O) groups is 1. The first kappa shape index (κ1) is 19.1. The van der Waals surface area contributed by atoms with E-state index in [2.05, 4.69) is 15.8 Å². The molecule has 26 heavy (non-hydrogen) atoms. The van der Waals surface area contributed by atoms with E-state index in [4.69, 9.17) is 9.47 Å². The molecule has 2 aromatic rings. The fourth-order valence-corrected chi connectivity index (χ4v) is 2.15. The number of rotatable bonds is 8. The summed E-state index contributed by atoms with van der Waals surface area (Å²) in [5, 5.41) is 16.7. The van der Waals surface area contributed by atoms with Crippen molar-refractivity contribution in [1.29, 1.82) is 0 Å². The predicted molar refractivity (Wildman–Crippen MR) is 101 cm³/mol. The average Bonchev–Trinajstić information content (AvgIpc) is 2.65. The molecule has 0 spiro atoms. The van der Waals surface area contributed by atoms with Crippen LogP contribution in [-0.2, 0) is 4.79 Å². The number of hydrogen-bond donors (Lipinski definition) is 3. The van der Waals surface area contributed by atoms with Gasteiger partial charge in [0.2, 0.25) is 0 Å². The lowest BCUT2D eigenvalue weighted by Gasteiger charge is -2.14. The number of hydrazone groups is 1. The monoisotopic (exact) mass is 357 g/mol. The molecule has 0 saturated carbocycles. The predicted octanol–water partition coefficient (Wildman–Crippen LogP) is 2.75. The molecular formula is C19H23N3O4. The molecule has 0 fully saturated rings. The van der Waals surface area contributed by atoms with Gasteiger partial charge in [-0.15, -0.1) is 0 Å². The van der Waals surface area contributed by atoms with E-state index in [9.17, 15) is 9.90 Å². The van der Waals surface area contributed by atoms with Crippen molar-refractivity contribution in [2.45, 2.75) is 19.9 Å². The number of phenols is 1. The summed E-state index contributed by atoms with van der Waals surface area (Å²) in [5.74, 6) is 1.10.